The first-order valence-electron chi connectivity index (χ1n) is 8.75. The van der Waals surface area contributed by atoms with E-state index >= 15 is 0 Å². The number of hydrogen-bond donors (Lipinski definition) is 2. The highest BCUT2D eigenvalue weighted by Crippen LogP contribution is 2.19. The Morgan fingerprint density at radius 2 is 1.81 bits per heavy atom. The molecule has 0 spiro atoms. The average Bonchev–Trinajstić information content (AvgIpc) is 3.11. The monoisotopic (exact) mass is 357 g/mol. The molecule has 1 amide bonds. The second-order valence-electron chi connectivity index (χ2n) is 6.24. The molecule has 2 aromatic heterocycles. The first-order valence-corrected chi connectivity index (χ1v) is 8.75. The number of rotatable bonds is 6. The van der Waals surface area contributed by atoms with Crippen LogP contribution in [0.5, 0.6) is 5.88 Å². The molecule has 4 aromatic rings. The zero-order chi connectivity index (χ0) is 18.5. The van der Waals surface area contributed by atoms with Crippen molar-refractivity contribution in [2.45, 2.75) is 13.0 Å². The van der Waals surface area contributed by atoms with Gasteiger partial charge >= 0.3 is 0 Å². The SMILES string of the molecule is O=C(Cc1c[nH]c2ccccc12)Nc1ccc(OCc2ccccc2)nc1. The van der Waals surface area contributed by atoms with E-state index in [-0.39, 0.29) is 5.91 Å². The standard InChI is InChI=1S/C22H19N3O2/c26-21(12-17-13-23-20-9-5-4-8-19(17)20)25-18-10-11-22(24-14-18)27-15-16-6-2-1-3-7-16/h1-11,13-14,23H,12,15H2,(H,25,26). The van der Waals surface area contributed by atoms with Crippen molar-refractivity contribution in [1.82, 2.24) is 9.97 Å². The number of H-pyrrole nitrogens is 1. The summed E-state index contributed by atoms with van der Waals surface area (Å²) in [6, 6.07) is 21.4. The molecule has 0 bridgehead atoms. The molecule has 0 fully saturated rings. The van der Waals surface area contributed by atoms with E-state index in [0.29, 0.717) is 24.6 Å². The van der Waals surface area contributed by atoms with Gasteiger partial charge in [0.1, 0.15) is 6.61 Å². The third-order valence-electron chi connectivity index (χ3n) is 4.28. The van der Waals surface area contributed by atoms with Gasteiger partial charge in [0, 0.05) is 23.2 Å². The molecule has 2 aromatic carbocycles. The van der Waals surface area contributed by atoms with Crippen LogP contribution in [0.25, 0.3) is 10.9 Å². The van der Waals surface area contributed by atoms with E-state index in [1.807, 2.05) is 60.8 Å². The van der Waals surface area contributed by atoms with Crippen LogP contribution >= 0.6 is 0 Å². The Kier molecular flexibility index (Phi) is 4.83. The largest absolute Gasteiger partial charge is 0.473 e. The second-order valence-corrected chi connectivity index (χ2v) is 6.24. The van der Waals surface area contributed by atoms with Crippen LogP contribution in [0.15, 0.2) is 79.1 Å². The minimum absolute atomic E-state index is 0.0838. The second kappa shape index (κ2) is 7.74. The molecular weight excluding hydrogens is 338 g/mol. The van der Waals surface area contributed by atoms with Crippen LogP contribution in [0.2, 0.25) is 0 Å². The maximum Gasteiger partial charge on any atom is 0.228 e. The van der Waals surface area contributed by atoms with E-state index in [1.165, 1.54) is 0 Å². The number of benzene rings is 2. The van der Waals surface area contributed by atoms with Crippen molar-refractivity contribution in [2.24, 2.45) is 0 Å². The van der Waals surface area contributed by atoms with Crippen molar-refractivity contribution in [3.8, 4) is 5.88 Å². The number of nitrogens with one attached hydrogen (secondary N) is 2. The number of fused-ring (bicyclic) bond motifs is 1. The number of carbonyl (C=O) groups excluding carboxylic acids is 1. The summed E-state index contributed by atoms with van der Waals surface area (Å²) in [7, 11) is 0. The van der Waals surface area contributed by atoms with Gasteiger partial charge in [-0.05, 0) is 23.3 Å². The third-order valence-corrected chi connectivity index (χ3v) is 4.28. The zero-order valence-electron chi connectivity index (χ0n) is 14.7. The molecule has 0 aliphatic carbocycles. The molecule has 134 valence electrons. The normalized spacial score (nSPS) is 10.7. The molecule has 0 saturated heterocycles. The Labute approximate surface area is 157 Å². The number of nitrogens with zero attached hydrogens (tertiary/aromatic N) is 1. The van der Waals surface area contributed by atoms with Crippen molar-refractivity contribution in [3.63, 3.8) is 0 Å². The quantitative estimate of drug-likeness (QED) is 0.540. The van der Waals surface area contributed by atoms with E-state index in [0.717, 1.165) is 22.0 Å². The highest BCUT2D eigenvalue weighted by atomic mass is 16.5. The minimum Gasteiger partial charge on any atom is -0.473 e. The van der Waals surface area contributed by atoms with Crippen LogP contribution in [0.1, 0.15) is 11.1 Å². The first-order chi connectivity index (χ1) is 13.3. The van der Waals surface area contributed by atoms with Gasteiger partial charge in [-0.25, -0.2) is 4.98 Å². The van der Waals surface area contributed by atoms with E-state index < -0.39 is 0 Å². The fraction of sp³-hybridized carbons (Fsp3) is 0.0909. The number of ether oxygens (including phenoxy) is 1. The van der Waals surface area contributed by atoms with Crippen molar-refractivity contribution in [2.75, 3.05) is 5.32 Å². The maximum absolute atomic E-state index is 12.3. The highest BCUT2D eigenvalue weighted by Gasteiger charge is 2.09. The fourth-order valence-electron chi connectivity index (χ4n) is 2.93. The number of pyridine rings is 1. The maximum atomic E-state index is 12.3. The molecule has 0 aliphatic heterocycles. The molecule has 4 rings (SSSR count). The van der Waals surface area contributed by atoms with Gasteiger partial charge in [-0.2, -0.15) is 0 Å². The Balaban J connectivity index is 1.34. The molecule has 0 unspecified atom stereocenters. The number of aromatic amines is 1. The van der Waals surface area contributed by atoms with Gasteiger partial charge in [-0.3, -0.25) is 4.79 Å². The van der Waals surface area contributed by atoms with Crippen molar-refractivity contribution >= 4 is 22.5 Å². The molecular formula is C22H19N3O2. The summed E-state index contributed by atoms with van der Waals surface area (Å²) in [5, 5.41) is 3.94. The van der Waals surface area contributed by atoms with Crippen LogP contribution in [-0.4, -0.2) is 15.9 Å². The van der Waals surface area contributed by atoms with Crippen molar-refractivity contribution in [3.05, 3.63) is 90.3 Å². The molecule has 0 radical (unpaired) electrons. The van der Waals surface area contributed by atoms with Crippen molar-refractivity contribution < 1.29 is 9.53 Å². The zero-order valence-corrected chi connectivity index (χ0v) is 14.7. The lowest BCUT2D eigenvalue weighted by molar-refractivity contribution is -0.115. The Hall–Kier alpha value is -3.60. The number of aromatic nitrogens is 2. The summed E-state index contributed by atoms with van der Waals surface area (Å²) in [5.41, 5.74) is 3.73. The van der Waals surface area contributed by atoms with Gasteiger partial charge in [0.2, 0.25) is 11.8 Å². The van der Waals surface area contributed by atoms with Gasteiger partial charge in [-0.1, -0.05) is 48.5 Å². The fourth-order valence-corrected chi connectivity index (χ4v) is 2.93. The van der Waals surface area contributed by atoms with E-state index in [9.17, 15) is 4.79 Å². The van der Waals surface area contributed by atoms with Gasteiger partial charge in [0.15, 0.2) is 0 Å². The predicted molar refractivity (Wildman–Crippen MR) is 106 cm³/mol. The van der Waals surface area contributed by atoms with Crippen LogP contribution in [0.4, 0.5) is 5.69 Å². The summed E-state index contributed by atoms with van der Waals surface area (Å²) >= 11 is 0. The summed E-state index contributed by atoms with van der Waals surface area (Å²) in [6.45, 7) is 0.458. The first kappa shape index (κ1) is 16.8. The summed E-state index contributed by atoms with van der Waals surface area (Å²) < 4.78 is 5.66. The van der Waals surface area contributed by atoms with Crippen LogP contribution < -0.4 is 10.1 Å². The lowest BCUT2D eigenvalue weighted by atomic mass is 10.1. The van der Waals surface area contributed by atoms with Crippen LogP contribution in [0, 0.1) is 0 Å². The van der Waals surface area contributed by atoms with Crippen LogP contribution in [-0.2, 0) is 17.8 Å². The lowest BCUT2D eigenvalue weighted by Crippen LogP contribution is -2.14. The Morgan fingerprint density at radius 1 is 1.00 bits per heavy atom. The molecule has 5 nitrogen and oxygen atoms in total. The van der Waals surface area contributed by atoms with E-state index in [4.69, 9.17) is 4.74 Å². The molecule has 5 heteroatoms. The Bertz CT molecular complexity index is 1040. The molecule has 0 aliphatic rings. The molecule has 2 N–H and O–H groups in total. The Morgan fingerprint density at radius 3 is 2.63 bits per heavy atom. The van der Waals surface area contributed by atoms with Gasteiger partial charge in [-0.15, -0.1) is 0 Å². The van der Waals surface area contributed by atoms with Gasteiger partial charge < -0.3 is 15.0 Å². The van der Waals surface area contributed by atoms with E-state index in [1.54, 1.807) is 18.3 Å². The smallest absolute Gasteiger partial charge is 0.228 e. The topological polar surface area (TPSA) is 67.0 Å². The summed E-state index contributed by atoms with van der Waals surface area (Å²) in [4.78, 5) is 19.8. The average molecular weight is 357 g/mol. The number of anilines is 1. The minimum atomic E-state index is -0.0838. The van der Waals surface area contributed by atoms with Crippen molar-refractivity contribution in [1.29, 1.82) is 0 Å². The molecule has 0 atom stereocenters. The predicted octanol–water partition coefficient (Wildman–Crippen LogP) is 4.32. The van der Waals surface area contributed by atoms with E-state index in [2.05, 4.69) is 15.3 Å². The van der Waals surface area contributed by atoms with Crippen LogP contribution in [0.3, 0.4) is 0 Å². The summed E-state index contributed by atoms with van der Waals surface area (Å²) in [5.74, 6) is 0.438. The summed E-state index contributed by atoms with van der Waals surface area (Å²) in [6.07, 6.45) is 3.78. The molecule has 27 heavy (non-hydrogen) atoms. The number of carbonyl (C=O) groups is 1. The molecule has 0 saturated carbocycles. The van der Waals surface area contributed by atoms with Gasteiger partial charge in [0.25, 0.3) is 0 Å². The van der Waals surface area contributed by atoms with Gasteiger partial charge in [0.05, 0.1) is 18.3 Å². The lowest BCUT2D eigenvalue weighted by Gasteiger charge is -2.07. The third kappa shape index (κ3) is 4.15. The highest BCUT2D eigenvalue weighted by molar-refractivity contribution is 5.95. The number of amides is 1. The molecule has 2 heterocycles. The number of hydrogen-bond acceptors (Lipinski definition) is 3. The number of para-hydroxylation sites is 1.